The van der Waals surface area contributed by atoms with Gasteiger partial charge in [0.25, 0.3) is 0 Å². The van der Waals surface area contributed by atoms with Gasteiger partial charge in [-0.2, -0.15) is 4.31 Å². The van der Waals surface area contributed by atoms with Crippen LogP contribution in [0.4, 0.5) is 0 Å². The molecule has 0 radical (unpaired) electrons. The van der Waals surface area contributed by atoms with Crippen molar-refractivity contribution in [2.24, 2.45) is 5.92 Å². The van der Waals surface area contributed by atoms with Crippen LogP contribution in [-0.2, 0) is 10.0 Å². The fourth-order valence-corrected chi connectivity index (χ4v) is 5.73. The minimum Gasteiger partial charge on any atom is -0.396 e. The number of rotatable bonds is 7. The smallest absolute Gasteiger partial charge is 0.243 e. The lowest BCUT2D eigenvalue weighted by molar-refractivity contribution is 0.262. The van der Waals surface area contributed by atoms with Crippen LogP contribution >= 0.6 is 0 Å². The van der Waals surface area contributed by atoms with Crippen molar-refractivity contribution in [1.82, 2.24) is 4.31 Å². The normalized spacial score (nSPS) is 22.7. The Morgan fingerprint density at radius 2 is 1.86 bits per heavy atom. The maximum absolute atomic E-state index is 13.4. The largest absolute Gasteiger partial charge is 0.396 e. The van der Waals surface area contributed by atoms with E-state index in [1.807, 2.05) is 49.4 Å². The van der Waals surface area contributed by atoms with Crippen molar-refractivity contribution in [3.05, 3.63) is 84.1 Å². The van der Waals surface area contributed by atoms with Crippen LogP contribution in [0.15, 0.2) is 77.9 Å². The molecule has 0 unspecified atom stereocenters. The molecule has 2 aromatic carbocycles. The first-order valence-electron chi connectivity index (χ1n) is 9.59. The first-order valence-corrected chi connectivity index (χ1v) is 11.0. The molecule has 1 N–H and O–H groups in total. The molecule has 1 aliphatic rings. The van der Waals surface area contributed by atoms with E-state index >= 15 is 0 Å². The molecular weight excluding hydrogens is 370 g/mol. The highest BCUT2D eigenvalue weighted by Gasteiger charge is 2.46. The van der Waals surface area contributed by atoms with Gasteiger partial charge < -0.3 is 5.11 Å². The summed E-state index contributed by atoms with van der Waals surface area (Å²) in [5, 5.41) is 9.36. The summed E-state index contributed by atoms with van der Waals surface area (Å²) in [4.78, 5) is 0.301. The van der Waals surface area contributed by atoms with Crippen molar-refractivity contribution in [2.75, 3.05) is 13.2 Å². The molecule has 2 aromatic rings. The van der Waals surface area contributed by atoms with E-state index in [-0.39, 0.29) is 24.5 Å². The number of sulfonamides is 1. The van der Waals surface area contributed by atoms with Crippen LogP contribution in [-0.4, -0.2) is 37.0 Å². The number of nitrogens with zero attached hydrogens (tertiary/aromatic N) is 1. The van der Waals surface area contributed by atoms with Crippen LogP contribution in [0.2, 0.25) is 0 Å². The van der Waals surface area contributed by atoms with E-state index in [1.165, 1.54) is 0 Å². The van der Waals surface area contributed by atoms with Gasteiger partial charge in [-0.15, -0.1) is 5.73 Å². The summed E-state index contributed by atoms with van der Waals surface area (Å²) in [5.41, 5.74) is 4.95. The van der Waals surface area contributed by atoms with E-state index in [2.05, 4.69) is 12.3 Å². The third kappa shape index (κ3) is 4.13. The van der Waals surface area contributed by atoms with Crippen LogP contribution in [0, 0.1) is 12.8 Å². The Morgan fingerprint density at radius 1 is 1.18 bits per heavy atom. The maximum atomic E-state index is 13.4. The lowest BCUT2D eigenvalue weighted by Crippen LogP contribution is -2.36. The van der Waals surface area contributed by atoms with Gasteiger partial charge in [0.1, 0.15) is 0 Å². The number of benzene rings is 2. The van der Waals surface area contributed by atoms with Crippen molar-refractivity contribution >= 4 is 10.0 Å². The number of aliphatic hydroxyl groups excluding tert-OH is 1. The van der Waals surface area contributed by atoms with Crippen molar-refractivity contribution in [3.63, 3.8) is 0 Å². The Hall–Kier alpha value is -2.17. The predicted octanol–water partition coefficient (Wildman–Crippen LogP) is 3.88. The third-order valence-corrected chi connectivity index (χ3v) is 7.38. The average Bonchev–Trinajstić information content (AvgIpc) is 3.07. The molecule has 0 amide bonds. The van der Waals surface area contributed by atoms with E-state index in [0.29, 0.717) is 17.9 Å². The lowest BCUT2D eigenvalue weighted by Gasteiger charge is -2.25. The molecule has 28 heavy (non-hydrogen) atoms. The molecule has 0 aromatic heterocycles. The van der Waals surface area contributed by atoms with Crippen molar-refractivity contribution < 1.29 is 13.5 Å². The predicted molar refractivity (Wildman–Crippen MR) is 112 cm³/mol. The third-order valence-electron chi connectivity index (χ3n) is 5.50. The summed E-state index contributed by atoms with van der Waals surface area (Å²) in [6.45, 7) is 6.11. The molecular formula is C23H27NO3S. The molecule has 1 fully saturated rings. The number of hydrogen-bond acceptors (Lipinski definition) is 3. The molecule has 148 valence electrons. The maximum Gasteiger partial charge on any atom is 0.243 e. The summed E-state index contributed by atoms with van der Waals surface area (Å²) in [6.07, 6.45) is 3.13. The SMILES string of the molecule is C=C=C[C@H]1[C@@H](CCCO)[C@H](c2ccccc2)CN1S(=O)(=O)c1ccc(C)cc1. The molecule has 3 rings (SSSR count). The second kappa shape index (κ2) is 8.89. The van der Waals surface area contributed by atoms with Crippen molar-refractivity contribution in [1.29, 1.82) is 0 Å². The summed E-state index contributed by atoms with van der Waals surface area (Å²) in [7, 11) is -3.65. The summed E-state index contributed by atoms with van der Waals surface area (Å²) in [5.74, 6) is 0.117. The summed E-state index contributed by atoms with van der Waals surface area (Å²) >= 11 is 0. The lowest BCUT2D eigenvalue weighted by atomic mass is 9.82. The highest BCUT2D eigenvalue weighted by molar-refractivity contribution is 7.89. The fraction of sp³-hybridized carbons (Fsp3) is 0.348. The van der Waals surface area contributed by atoms with Crippen LogP contribution in [0.1, 0.15) is 29.9 Å². The Bertz CT molecular complexity index is 932. The molecule has 1 saturated heterocycles. The number of aryl methyl sites for hydroxylation is 1. The topological polar surface area (TPSA) is 57.6 Å². The molecule has 0 saturated carbocycles. The zero-order chi connectivity index (χ0) is 20.1. The van der Waals surface area contributed by atoms with Gasteiger partial charge in [-0.1, -0.05) is 54.6 Å². The highest BCUT2D eigenvalue weighted by Crippen LogP contribution is 2.43. The van der Waals surface area contributed by atoms with Crippen LogP contribution in [0.3, 0.4) is 0 Å². The van der Waals surface area contributed by atoms with E-state index in [4.69, 9.17) is 0 Å². The van der Waals surface area contributed by atoms with Crippen LogP contribution in [0.25, 0.3) is 0 Å². The van der Waals surface area contributed by atoms with Gasteiger partial charge in [0.15, 0.2) is 0 Å². The number of aliphatic hydroxyl groups is 1. The Balaban J connectivity index is 2.04. The fourth-order valence-electron chi connectivity index (χ4n) is 4.09. The Kier molecular flexibility index (Phi) is 6.53. The van der Waals surface area contributed by atoms with E-state index in [1.54, 1.807) is 22.5 Å². The Labute approximate surface area is 167 Å². The molecule has 0 aliphatic carbocycles. The summed E-state index contributed by atoms with van der Waals surface area (Å²) < 4.78 is 28.5. The van der Waals surface area contributed by atoms with Gasteiger partial charge in [-0.25, -0.2) is 8.42 Å². The van der Waals surface area contributed by atoms with E-state index < -0.39 is 10.0 Å². The van der Waals surface area contributed by atoms with Gasteiger partial charge in [-0.05, 0) is 49.5 Å². The van der Waals surface area contributed by atoms with Crippen molar-refractivity contribution in [3.8, 4) is 0 Å². The molecule has 3 atom stereocenters. The zero-order valence-electron chi connectivity index (χ0n) is 16.2. The van der Waals surface area contributed by atoms with Gasteiger partial charge >= 0.3 is 0 Å². The van der Waals surface area contributed by atoms with Crippen molar-refractivity contribution in [2.45, 2.75) is 36.6 Å². The van der Waals surface area contributed by atoms with Gasteiger partial charge in [-0.3, -0.25) is 0 Å². The van der Waals surface area contributed by atoms with Crippen LogP contribution < -0.4 is 0 Å². The molecule has 0 bridgehead atoms. The van der Waals surface area contributed by atoms with Crippen LogP contribution in [0.5, 0.6) is 0 Å². The van der Waals surface area contributed by atoms with Gasteiger partial charge in [0.05, 0.1) is 10.9 Å². The first-order chi connectivity index (χ1) is 13.5. The second-order valence-electron chi connectivity index (χ2n) is 7.30. The van der Waals surface area contributed by atoms with E-state index in [0.717, 1.165) is 17.5 Å². The quantitative estimate of drug-likeness (QED) is 0.722. The second-order valence-corrected chi connectivity index (χ2v) is 9.19. The Morgan fingerprint density at radius 3 is 2.46 bits per heavy atom. The minimum absolute atomic E-state index is 0.0579. The average molecular weight is 398 g/mol. The molecule has 0 spiro atoms. The zero-order valence-corrected chi connectivity index (χ0v) is 17.0. The molecule has 4 nitrogen and oxygen atoms in total. The summed E-state index contributed by atoms with van der Waals surface area (Å²) in [6, 6.07) is 16.7. The first kappa shape index (κ1) is 20.6. The molecule has 5 heteroatoms. The minimum atomic E-state index is -3.65. The van der Waals surface area contributed by atoms with Gasteiger partial charge in [0.2, 0.25) is 10.0 Å². The van der Waals surface area contributed by atoms with E-state index in [9.17, 15) is 13.5 Å². The highest BCUT2D eigenvalue weighted by atomic mass is 32.2. The molecule has 1 heterocycles. The monoisotopic (exact) mass is 397 g/mol. The molecule has 1 aliphatic heterocycles. The van der Waals surface area contributed by atoms with Gasteiger partial charge in [0, 0.05) is 19.1 Å². The number of hydrogen-bond donors (Lipinski definition) is 1. The standard InChI is InChI=1S/C23H27NO3S/c1-3-8-23-21(11-7-16-25)22(19-9-5-4-6-10-19)17-24(23)28(26,27)20-14-12-18(2)13-15-20/h4-6,8-10,12-15,21-23,25H,1,7,11,16-17H2,2H3/t21-,22-,23-/m0/s1.